The van der Waals surface area contributed by atoms with Crippen LogP contribution in [0.5, 0.6) is 0 Å². The van der Waals surface area contributed by atoms with E-state index in [0.29, 0.717) is 0 Å². The van der Waals surface area contributed by atoms with Crippen LogP contribution in [0.4, 0.5) is 17.1 Å². The van der Waals surface area contributed by atoms with Crippen LogP contribution < -0.4 is 4.90 Å². The topological polar surface area (TPSA) is 16.4 Å². The third kappa shape index (κ3) is 4.11. The molecule has 2 aromatic heterocycles. The summed E-state index contributed by atoms with van der Waals surface area (Å²) in [6.07, 6.45) is 0. The summed E-state index contributed by atoms with van der Waals surface area (Å²) in [5.41, 5.74) is 12.4. The first-order valence-corrected chi connectivity index (χ1v) is 18.6. The molecule has 52 heavy (non-hydrogen) atoms. The van der Waals surface area contributed by atoms with Crippen molar-refractivity contribution in [3.63, 3.8) is 0 Å². The zero-order chi connectivity index (χ0) is 34.2. The summed E-state index contributed by atoms with van der Waals surface area (Å²) in [7, 11) is 0. The molecule has 0 unspecified atom stereocenters. The van der Waals surface area contributed by atoms with Gasteiger partial charge in [0, 0.05) is 43.7 Å². The molecule has 11 rings (SSSR count). The molecule has 0 N–H and O–H groups in total. The highest BCUT2D eigenvalue weighted by Gasteiger charge is 2.45. The fourth-order valence-electron chi connectivity index (χ4n) is 8.76. The number of fused-ring (bicyclic) bond motifs is 9. The maximum absolute atomic E-state index is 6.44. The van der Waals surface area contributed by atoms with Gasteiger partial charge in [-0.1, -0.05) is 140 Å². The predicted octanol–water partition coefficient (Wildman–Crippen LogP) is 13.8. The molecule has 8 aromatic carbocycles. The van der Waals surface area contributed by atoms with E-state index in [1.54, 1.807) is 0 Å². The Kier molecular flexibility index (Phi) is 6.37. The molecule has 1 aliphatic carbocycles. The zero-order valence-corrected chi connectivity index (χ0v) is 29.0. The first kappa shape index (κ1) is 29.3. The van der Waals surface area contributed by atoms with E-state index in [1.807, 2.05) is 23.5 Å². The Morgan fingerprint density at radius 3 is 1.81 bits per heavy atom. The minimum Gasteiger partial charge on any atom is -0.456 e. The van der Waals surface area contributed by atoms with Crippen LogP contribution in [-0.2, 0) is 5.41 Å². The Morgan fingerprint density at radius 2 is 1.02 bits per heavy atom. The molecule has 1 aliphatic rings. The van der Waals surface area contributed by atoms with Gasteiger partial charge in [-0.25, -0.2) is 0 Å². The fraction of sp³-hybridized carbons (Fsp3) is 0.0204. The minimum atomic E-state index is -0.448. The molecular formula is C49H31NOS. The van der Waals surface area contributed by atoms with Gasteiger partial charge in [-0.2, -0.15) is 0 Å². The Hall–Kier alpha value is -6.42. The number of hydrogen-bond acceptors (Lipinski definition) is 3. The van der Waals surface area contributed by atoms with Gasteiger partial charge in [-0.05, 0) is 75.8 Å². The molecule has 0 spiro atoms. The predicted molar refractivity (Wildman–Crippen MR) is 219 cm³/mol. The number of thiophene rings is 1. The van der Waals surface area contributed by atoms with Gasteiger partial charge < -0.3 is 9.32 Å². The molecule has 10 aromatic rings. The first-order chi connectivity index (χ1) is 25.8. The average molecular weight is 682 g/mol. The number of hydrogen-bond donors (Lipinski definition) is 0. The van der Waals surface area contributed by atoms with Crippen molar-refractivity contribution < 1.29 is 4.42 Å². The summed E-state index contributed by atoms with van der Waals surface area (Å²) in [5, 5.41) is 4.82. The normalized spacial score (nSPS) is 13.2. The number of para-hydroxylation sites is 1. The third-order valence-corrected chi connectivity index (χ3v) is 12.2. The molecule has 0 fully saturated rings. The Labute approximate surface area is 305 Å². The monoisotopic (exact) mass is 681 g/mol. The molecule has 0 saturated carbocycles. The molecule has 0 amide bonds. The van der Waals surface area contributed by atoms with Crippen molar-refractivity contribution in [2.24, 2.45) is 0 Å². The molecule has 2 nitrogen and oxygen atoms in total. The first-order valence-electron chi connectivity index (χ1n) is 17.8. The maximum Gasteiger partial charge on any atom is 0.137 e. The standard InChI is InChI=1S/C49H31NOS/c1-2-13-32(14-3-1)49(42-20-8-4-15-36(42)37-16-5-9-21-43(37)49)33-25-27-34(28-26-33)50(35-29-30-39-38-17-6-10-23-45(38)51-46(39)31-35)44-22-12-19-41-40-18-7-11-24-47(40)52-48(41)44/h1-31H. The van der Waals surface area contributed by atoms with E-state index in [-0.39, 0.29) is 0 Å². The number of rotatable bonds is 5. The number of furan rings is 1. The molecule has 3 heteroatoms. The molecule has 0 bridgehead atoms. The Balaban J connectivity index is 1.15. The summed E-state index contributed by atoms with van der Waals surface area (Å²) in [5.74, 6) is 0. The Bertz CT molecular complexity index is 2930. The number of nitrogens with zero attached hydrogens (tertiary/aromatic N) is 1. The van der Waals surface area contributed by atoms with Crippen molar-refractivity contribution >= 4 is 70.5 Å². The maximum atomic E-state index is 6.44. The van der Waals surface area contributed by atoms with E-state index in [2.05, 4.69) is 181 Å². The lowest BCUT2D eigenvalue weighted by atomic mass is 9.68. The molecule has 0 radical (unpaired) electrons. The molecule has 2 heterocycles. The van der Waals surface area contributed by atoms with Crippen LogP contribution in [0.1, 0.15) is 22.3 Å². The SMILES string of the molecule is c1ccc(C2(c3ccc(N(c4ccc5c(c4)oc4ccccc45)c4cccc5c4sc4ccccc45)cc3)c3ccccc3-c3ccccc32)cc1. The average Bonchev–Trinajstić information content (AvgIpc) is 3.87. The highest BCUT2D eigenvalue weighted by Crippen LogP contribution is 2.56. The van der Waals surface area contributed by atoms with E-state index in [4.69, 9.17) is 4.42 Å². The van der Waals surface area contributed by atoms with Gasteiger partial charge in [-0.3, -0.25) is 0 Å². The van der Waals surface area contributed by atoms with E-state index in [1.165, 1.54) is 53.6 Å². The summed E-state index contributed by atoms with van der Waals surface area (Å²) in [6, 6.07) is 68.5. The van der Waals surface area contributed by atoms with Crippen LogP contribution in [0.2, 0.25) is 0 Å². The Morgan fingerprint density at radius 1 is 0.423 bits per heavy atom. The van der Waals surface area contributed by atoms with E-state index in [9.17, 15) is 0 Å². The molecule has 0 atom stereocenters. The van der Waals surface area contributed by atoms with Crippen molar-refractivity contribution in [3.05, 3.63) is 210 Å². The summed E-state index contributed by atoms with van der Waals surface area (Å²) in [4.78, 5) is 2.40. The van der Waals surface area contributed by atoms with Gasteiger partial charge in [0.1, 0.15) is 11.2 Å². The minimum absolute atomic E-state index is 0.448. The number of anilines is 3. The lowest BCUT2D eigenvalue weighted by molar-refractivity contribution is 0.669. The van der Waals surface area contributed by atoms with Crippen LogP contribution in [-0.4, -0.2) is 0 Å². The van der Waals surface area contributed by atoms with Crippen molar-refractivity contribution in [2.45, 2.75) is 5.41 Å². The van der Waals surface area contributed by atoms with E-state index < -0.39 is 5.41 Å². The largest absolute Gasteiger partial charge is 0.456 e. The fourth-order valence-corrected chi connectivity index (χ4v) is 9.97. The second-order valence-corrected chi connectivity index (χ2v) is 14.7. The van der Waals surface area contributed by atoms with Crippen molar-refractivity contribution in [1.29, 1.82) is 0 Å². The van der Waals surface area contributed by atoms with Gasteiger partial charge in [0.05, 0.1) is 15.8 Å². The smallest absolute Gasteiger partial charge is 0.137 e. The lowest BCUT2D eigenvalue weighted by Gasteiger charge is -2.34. The second-order valence-electron chi connectivity index (χ2n) is 13.6. The van der Waals surface area contributed by atoms with E-state index >= 15 is 0 Å². The van der Waals surface area contributed by atoms with Gasteiger partial charge in [0.2, 0.25) is 0 Å². The van der Waals surface area contributed by atoms with Crippen molar-refractivity contribution in [3.8, 4) is 11.1 Å². The molecule has 0 saturated heterocycles. The van der Waals surface area contributed by atoms with Gasteiger partial charge in [0.15, 0.2) is 0 Å². The summed E-state index contributed by atoms with van der Waals surface area (Å²) >= 11 is 1.85. The highest BCUT2D eigenvalue weighted by atomic mass is 32.1. The number of benzene rings is 8. The summed E-state index contributed by atoms with van der Waals surface area (Å²) in [6.45, 7) is 0. The van der Waals surface area contributed by atoms with Crippen LogP contribution in [0.25, 0.3) is 53.2 Å². The van der Waals surface area contributed by atoms with Crippen molar-refractivity contribution in [2.75, 3.05) is 4.90 Å². The third-order valence-electron chi connectivity index (χ3n) is 11.0. The quantitative estimate of drug-likeness (QED) is 0.180. The molecule has 244 valence electrons. The van der Waals surface area contributed by atoms with Gasteiger partial charge >= 0.3 is 0 Å². The van der Waals surface area contributed by atoms with Crippen LogP contribution >= 0.6 is 11.3 Å². The van der Waals surface area contributed by atoms with Crippen LogP contribution in [0.3, 0.4) is 0 Å². The highest BCUT2D eigenvalue weighted by molar-refractivity contribution is 7.26. The molecular weight excluding hydrogens is 651 g/mol. The van der Waals surface area contributed by atoms with Crippen molar-refractivity contribution in [1.82, 2.24) is 0 Å². The van der Waals surface area contributed by atoms with Crippen LogP contribution in [0, 0.1) is 0 Å². The lowest BCUT2D eigenvalue weighted by Crippen LogP contribution is -2.28. The summed E-state index contributed by atoms with van der Waals surface area (Å²) < 4.78 is 8.99. The van der Waals surface area contributed by atoms with Gasteiger partial charge in [-0.15, -0.1) is 11.3 Å². The second kappa shape index (κ2) is 11.3. The molecule has 0 aliphatic heterocycles. The van der Waals surface area contributed by atoms with Gasteiger partial charge in [0.25, 0.3) is 0 Å². The zero-order valence-electron chi connectivity index (χ0n) is 28.2. The van der Waals surface area contributed by atoms with E-state index in [0.717, 1.165) is 39.0 Å². The van der Waals surface area contributed by atoms with Crippen LogP contribution in [0.15, 0.2) is 192 Å².